The van der Waals surface area contributed by atoms with Crippen LogP contribution in [0.2, 0.25) is 0 Å². The number of carbonyl (C=O) groups excluding carboxylic acids is 1. The summed E-state index contributed by atoms with van der Waals surface area (Å²) in [7, 11) is 1.31. The van der Waals surface area contributed by atoms with Crippen LogP contribution in [0.4, 0.5) is 5.69 Å². The van der Waals surface area contributed by atoms with Crippen molar-refractivity contribution in [3.05, 3.63) is 52.7 Å². The predicted octanol–water partition coefficient (Wildman–Crippen LogP) is 3.10. The molecule has 0 saturated heterocycles. The largest absolute Gasteiger partial charge is 0.464 e. The highest BCUT2D eigenvalue weighted by molar-refractivity contribution is 5.90. The molecule has 22 heavy (non-hydrogen) atoms. The molecule has 1 aromatic rings. The molecule has 0 aliphatic rings. The summed E-state index contributed by atoms with van der Waals surface area (Å²) in [5.41, 5.74) is 8.99. The first-order chi connectivity index (χ1) is 10.5. The highest BCUT2D eigenvalue weighted by atomic mass is 16.5. The lowest BCUT2D eigenvalue weighted by molar-refractivity contribution is -0.136. The Kier molecular flexibility index (Phi) is 6.65. The van der Waals surface area contributed by atoms with E-state index in [0.29, 0.717) is 12.1 Å². The van der Waals surface area contributed by atoms with Crippen LogP contribution in [0.15, 0.2) is 52.2 Å². The number of nitrogens with zero attached hydrogens (tertiary/aromatic N) is 1. The van der Waals surface area contributed by atoms with E-state index in [1.807, 2.05) is 38.1 Å². The fraction of sp³-hybridized carbons (Fsp3) is 0.222. The van der Waals surface area contributed by atoms with Gasteiger partial charge >= 0.3 is 5.97 Å². The number of nitrogen functional groups attached to an aromatic ring is 1. The van der Waals surface area contributed by atoms with Crippen LogP contribution in [0.5, 0.6) is 0 Å². The fourth-order valence-corrected chi connectivity index (χ4v) is 1.81. The van der Waals surface area contributed by atoms with Gasteiger partial charge in [-0.15, -0.1) is 0 Å². The molecular weight excluding hydrogens is 276 g/mol. The average molecular weight is 296 g/mol. The summed E-state index contributed by atoms with van der Waals surface area (Å²) < 4.78 is 4.70. The number of aliphatic imine (C=N–C) groups is 1. The standard InChI is InChI=1S/C18H20N2O2/c1-5-14(17(20-3)18(21)22-4)12-13(2)10-11-15-8-6-7-9-16(15)19/h6-9,12H,3,5,19H2,1-2,4H3/b13-12+,17-14-. The van der Waals surface area contributed by atoms with Gasteiger partial charge in [-0.25, -0.2) is 4.79 Å². The number of methoxy groups -OCH3 is 1. The number of benzene rings is 1. The smallest absolute Gasteiger partial charge is 0.356 e. The number of nitrogens with two attached hydrogens (primary N) is 1. The number of carbonyl (C=O) groups is 1. The number of hydrogen-bond donors (Lipinski definition) is 1. The molecule has 0 spiro atoms. The van der Waals surface area contributed by atoms with Gasteiger partial charge in [-0.3, -0.25) is 4.99 Å². The zero-order valence-corrected chi connectivity index (χ0v) is 13.1. The van der Waals surface area contributed by atoms with Crippen LogP contribution < -0.4 is 5.73 Å². The molecule has 114 valence electrons. The van der Waals surface area contributed by atoms with E-state index >= 15 is 0 Å². The molecule has 0 aliphatic heterocycles. The summed E-state index contributed by atoms with van der Waals surface area (Å²) in [5.74, 6) is 5.53. The number of ether oxygens (including phenoxy) is 1. The van der Waals surface area contributed by atoms with E-state index in [9.17, 15) is 4.79 Å². The van der Waals surface area contributed by atoms with Gasteiger partial charge in [0.25, 0.3) is 0 Å². The number of rotatable bonds is 4. The van der Waals surface area contributed by atoms with Gasteiger partial charge in [0.2, 0.25) is 0 Å². The molecule has 0 bridgehead atoms. The summed E-state index contributed by atoms with van der Waals surface area (Å²) in [5, 5.41) is 0. The highest BCUT2D eigenvalue weighted by Gasteiger charge is 2.11. The molecule has 0 atom stereocenters. The first-order valence-electron chi connectivity index (χ1n) is 6.86. The maximum atomic E-state index is 11.7. The van der Waals surface area contributed by atoms with Crippen molar-refractivity contribution in [2.24, 2.45) is 4.99 Å². The lowest BCUT2D eigenvalue weighted by Crippen LogP contribution is -2.05. The second-order valence-corrected chi connectivity index (χ2v) is 4.54. The molecule has 0 fully saturated rings. The van der Waals surface area contributed by atoms with Crippen LogP contribution in [0, 0.1) is 11.8 Å². The number of anilines is 1. The van der Waals surface area contributed by atoms with Crippen LogP contribution in [0.3, 0.4) is 0 Å². The van der Waals surface area contributed by atoms with Gasteiger partial charge in [-0.2, -0.15) is 0 Å². The molecular formula is C18H20N2O2. The first-order valence-corrected chi connectivity index (χ1v) is 6.86. The first kappa shape index (κ1) is 17.3. The van der Waals surface area contributed by atoms with Gasteiger partial charge in [0.15, 0.2) is 5.70 Å². The minimum Gasteiger partial charge on any atom is -0.464 e. The minimum atomic E-state index is -0.504. The molecule has 0 saturated carbocycles. The zero-order chi connectivity index (χ0) is 16.5. The lowest BCUT2D eigenvalue weighted by atomic mass is 10.1. The Hall–Kier alpha value is -2.80. The topological polar surface area (TPSA) is 64.7 Å². The molecule has 0 radical (unpaired) electrons. The SMILES string of the molecule is C=N/C(C(=O)OC)=C(\C=C(/C)C#Cc1ccccc1N)CC. The van der Waals surface area contributed by atoms with Crippen LogP contribution in [-0.4, -0.2) is 19.8 Å². The Morgan fingerprint density at radius 2 is 2.14 bits per heavy atom. The second kappa shape index (κ2) is 8.48. The fourth-order valence-electron chi connectivity index (χ4n) is 1.81. The number of esters is 1. The van der Waals surface area contributed by atoms with Gasteiger partial charge in [-0.1, -0.05) is 30.9 Å². The Morgan fingerprint density at radius 3 is 2.68 bits per heavy atom. The summed E-state index contributed by atoms with van der Waals surface area (Å²) >= 11 is 0. The van der Waals surface area contributed by atoms with Crippen molar-refractivity contribution in [2.45, 2.75) is 20.3 Å². The normalized spacial score (nSPS) is 11.9. The van der Waals surface area contributed by atoms with Crippen LogP contribution >= 0.6 is 0 Å². The summed E-state index contributed by atoms with van der Waals surface area (Å²) in [4.78, 5) is 15.4. The van der Waals surface area contributed by atoms with E-state index in [2.05, 4.69) is 23.6 Å². The lowest BCUT2D eigenvalue weighted by Gasteiger charge is -2.04. The molecule has 4 heteroatoms. The van der Waals surface area contributed by atoms with Gasteiger partial charge < -0.3 is 10.5 Å². The van der Waals surface area contributed by atoms with E-state index in [-0.39, 0.29) is 5.70 Å². The molecule has 0 aromatic heterocycles. The monoisotopic (exact) mass is 296 g/mol. The van der Waals surface area contributed by atoms with Crippen molar-refractivity contribution in [2.75, 3.05) is 12.8 Å². The van der Waals surface area contributed by atoms with E-state index in [4.69, 9.17) is 10.5 Å². The summed E-state index contributed by atoms with van der Waals surface area (Å²) in [6.07, 6.45) is 2.43. The Morgan fingerprint density at radius 1 is 1.45 bits per heavy atom. The van der Waals surface area contributed by atoms with E-state index in [1.165, 1.54) is 7.11 Å². The number of allylic oxidation sites excluding steroid dienone is 3. The second-order valence-electron chi connectivity index (χ2n) is 4.54. The van der Waals surface area contributed by atoms with E-state index in [1.54, 1.807) is 6.07 Å². The Labute approximate surface area is 131 Å². The molecule has 4 nitrogen and oxygen atoms in total. The Bertz CT molecular complexity index is 689. The van der Waals surface area contributed by atoms with Crippen molar-refractivity contribution in [3.8, 4) is 11.8 Å². The number of para-hydroxylation sites is 1. The molecule has 1 aromatic carbocycles. The Balaban J connectivity index is 3.15. The molecule has 0 unspecified atom stereocenters. The quantitative estimate of drug-likeness (QED) is 0.232. The van der Waals surface area contributed by atoms with Crippen molar-refractivity contribution in [1.29, 1.82) is 0 Å². The maximum Gasteiger partial charge on any atom is 0.356 e. The zero-order valence-electron chi connectivity index (χ0n) is 13.1. The van der Waals surface area contributed by atoms with Crippen LogP contribution in [0.25, 0.3) is 0 Å². The van der Waals surface area contributed by atoms with Crippen LogP contribution in [-0.2, 0) is 9.53 Å². The third-order valence-corrected chi connectivity index (χ3v) is 2.97. The maximum absolute atomic E-state index is 11.7. The number of hydrogen-bond acceptors (Lipinski definition) is 4. The van der Waals surface area contributed by atoms with Gasteiger partial charge in [0.05, 0.1) is 7.11 Å². The third-order valence-electron chi connectivity index (χ3n) is 2.97. The van der Waals surface area contributed by atoms with Crippen molar-refractivity contribution < 1.29 is 9.53 Å². The molecule has 0 aliphatic carbocycles. The molecule has 2 N–H and O–H groups in total. The van der Waals surface area contributed by atoms with Gasteiger partial charge in [-0.05, 0) is 49.4 Å². The van der Waals surface area contributed by atoms with Crippen molar-refractivity contribution in [3.63, 3.8) is 0 Å². The molecule has 0 amide bonds. The third kappa shape index (κ3) is 4.64. The summed E-state index contributed by atoms with van der Waals surface area (Å²) in [6, 6.07) is 7.40. The van der Waals surface area contributed by atoms with Gasteiger partial charge in [0.1, 0.15) is 0 Å². The van der Waals surface area contributed by atoms with E-state index in [0.717, 1.165) is 16.7 Å². The minimum absolute atomic E-state index is 0.213. The average Bonchev–Trinajstić information content (AvgIpc) is 2.53. The predicted molar refractivity (Wildman–Crippen MR) is 90.4 cm³/mol. The van der Waals surface area contributed by atoms with Crippen molar-refractivity contribution in [1.82, 2.24) is 0 Å². The summed E-state index contributed by atoms with van der Waals surface area (Å²) in [6.45, 7) is 7.21. The van der Waals surface area contributed by atoms with Gasteiger partial charge in [0, 0.05) is 11.3 Å². The highest BCUT2D eigenvalue weighted by Crippen LogP contribution is 2.15. The van der Waals surface area contributed by atoms with Crippen molar-refractivity contribution >= 4 is 18.4 Å². The van der Waals surface area contributed by atoms with Crippen LogP contribution in [0.1, 0.15) is 25.8 Å². The molecule has 0 heterocycles. The van der Waals surface area contributed by atoms with E-state index < -0.39 is 5.97 Å². The molecule has 1 rings (SSSR count).